The Labute approximate surface area is 155 Å². The zero-order chi connectivity index (χ0) is 19.8. The Morgan fingerprint density at radius 1 is 1.22 bits per heavy atom. The van der Waals surface area contributed by atoms with Crippen LogP contribution >= 0.6 is 11.3 Å². The van der Waals surface area contributed by atoms with Gasteiger partial charge in [-0.05, 0) is 19.1 Å². The number of amides is 1. The van der Waals surface area contributed by atoms with Crippen LogP contribution in [-0.4, -0.2) is 56.8 Å². The number of nitrogens with zero attached hydrogens (tertiary/aromatic N) is 5. The molecule has 1 saturated heterocycles. The van der Waals surface area contributed by atoms with Crippen molar-refractivity contribution < 1.29 is 23.1 Å². The molecule has 0 spiro atoms. The van der Waals surface area contributed by atoms with Gasteiger partial charge in [0.2, 0.25) is 5.95 Å². The normalized spacial score (nSPS) is 15.3. The Kier molecular flexibility index (Phi) is 5.09. The maximum Gasteiger partial charge on any atom is 0.425 e. The van der Waals surface area contributed by atoms with Crippen LogP contribution in [0.1, 0.15) is 15.6 Å². The molecular formula is C15H16F3N5O3S. The molecule has 0 bridgehead atoms. The summed E-state index contributed by atoms with van der Waals surface area (Å²) < 4.78 is 39.3. The van der Waals surface area contributed by atoms with Gasteiger partial charge in [-0.1, -0.05) is 0 Å². The van der Waals surface area contributed by atoms with Gasteiger partial charge in [-0.2, -0.15) is 23.1 Å². The van der Waals surface area contributed by atoms with E-state index in [2.05, 4.69) is 9.97 Å². The number of aryl methyl sites for hydroxylation is 1. The first-order valence-electron chi connectivity index (χ1n) is 7.99. The van der Waals surface area contributed by atoms with Crippen molar-refractivity contribution >= 4 is 23.4 Å². The smallest absolute Gasteiger partial charge is 0.425 e. The van der Waals surface area contributed by atoms with Crippen molar-refractivity contribution in [3.8, 4) is 0 Å². The molecule has 12 heteroatoms. The zero-order valence-corrected chi connectivity index (χ0v) is 15.0. The highest BCUT2D eigenvalue weighted by Gasteiger charge is 2.32. The molecule has 1 aliphatic heterocycles. The second-order valence-electron chi connectivity index (χ2n) is 5.96. The number of carboxylic acid groups (broad SMARTS) is 1. The average molecular weight is 403 g/mol. The van der Waals surface area contributed by atoms with E-state index in [0.29, 0.717) is 35.1 Å². The lowest BCUT2D eigenvalue weighted by Gasteiger charge is -2.33. The van der Waals surface area contributed by atoms with E-state index in [9.17, 15) is 22.8 Å². The van der Waals surface area contributed by atoms with Gasteiger partial charge in [-0.25, -0.2) is 9.59 Å². The molecule has 0 radical (unpaired) electrons. The van der Waals surface area contributed by atoms with Crippen molar-refractivity contribution in [2.24, 2.45) is 0 Å². The molecule has 1 aliphatic rings. The molecule has 1 fully saturated rings. The highest BCUT2D eigenvalue weighted by Crippen LogP contribution is 2.34. The van der Waals surface area contributed by atoms with Crippen molar-refractivity contribution in [2.45, 2.75) is 19.6 Å². The van der Waals surface area contributed by atoms with E-state index < -0.39 is 22.8 Å². The van der Waals surface area contributed by atoms with E-state index in [1.807, 2.05) is 0 Å². The minimum absolute atomic E-state index is 0.0432. The van der Waals surface area contributed by atoms with Crippen LogP contribution in [0.4, 0.5) is 23.9 Å². The number of alkyl halides is 3. The predicted octanol–water partition coefficient (Wildman–Crippen LogP) is 1.88. The van der Waals surface area contributed by atoms with Crippen molar-refractivity contribution in [2.75, 3.05) is 31.1 Å². The SMILES string of the molecule is Cc1nc(N2CCN(C(=O)O)CC2)nc(=O)n1Cc1ccc(C(F)(F)F)s1. The van der Waals surface area contributed by atoms with Gasteiger partial charge < -0.3 is 14.9 Å². The number of carbonyl (C=O) groups is 1. The summed E-state index contributed by atoms with van der Waals surface area (Å²) in [7, 11) is 0. The first-order chi connectivity index (χ1) is 12.6. The Morgan fingerprint density at radius 2 is 1.89 bits per heavy atom. The van der Waals surface area contributed by atoms with E-state index in [-0.39, 0.29) is 25.6 Å². The van der Waals surface area contributed by atoms with Gasteiger partial charge in [0.25, 0.3) is 0 Å². The second kappa shape index (κ2) is 7.18. The molecule has 1 amide bonds. The summed E-state index contributed by atoms with van der Waals surface area (Å²) in [5.74, 6) is 0.522. The summed E-state index contributed by atoms with van der Waals surface area (Å²) in [5, 5.41) is 8.97. The summed E-state index contributed by atoms with van der Waals surface area (Å²) in [6.07, 6.45) is -5.42. The number of halogens is 3. The highest BCUT2D eigenvalue weighted by molar-refractivity contribution is 7.12. The lowest BCUT2D eigenvalue weighted by atomic mass is 10.3. The molecule has 27 heavy (non-hydrogen) atoms. The first kappa shape index (κ1) is 19.1. The monoisotopic (exact) mass is 403 g/mol. The fraction of sp³-hybridized carbons (Fsp3) is 0.467. The number of rotatable bonds is 3. The molecule has 2 aromatic heterocycles. The third-order valence-corrected chi connectivity index (χ3v) is 5.28. The summed E-state index contributed by atoms with van der Waals surface area (Å²) >= 11 is 0.575. The lowest BCUT2D eigenvalue weighted by Crippen LogP contribution is -2.49. The van der Waals surface area contributed by atoms with Crippen LogP contribution in [-0.2, 0) is 12.7 Å². The fourth-order valence-electron chi connectivity index (χ4n) is 2.71. The number of aromatic nitrogens is 3. The minimum Gasteiger partial charge on any atom is -0.465 e. The van der Waals surface area contributed by atoms with Gasteiger partial charge in [0.05, 0.1) is 6.54 Å². The predicted molar refractivity (Wildman–Crippen MR) is 91.3 cm³/mol. The molecule has 146 valence electrons. The van der Waals surface area contributed by atoms with Gasteiger partial charge >= 0.3 is 18.0 Å². The molecule has 0 saturated carbocycles. The largest absolute Gasteiger partial charge is 0.465 e. The summed E-state index contributed by atoms with van der Waals surface area (Å²) in [4.78, 5) is 34.1. The van der Waals surface area contributed by atoms with E-state index in [1.54, 1.807) is 11.8 Å². The number of thiophene rings is 1. The van der Waals surface area contributed by atoms with Crippen molar-refractivity contribution in [3.63, 3.8) is 0 Å². The summed E-state index contributed by atoms with van der Waals surface area (Å²) in [6.45, 7) is 2.80. The maximum atomic E-state index is 12.7. The molecule has 8 nitrogen and oxygen atoms in total. The third kappa shape index (κ3) is 4.21. The number of hydrogen-bond acceptors (Lipinski definition) is 6. The van der Waals surface area contributed by atoms with Gasteiger partial charge in [0.1, 0.15) is 10.7 Å². The van der Waals surface area contributed by atoms with Crippen LogP contribution in [0.25, 0.3) is 0 Å². The fourth-order valence-corrected chi connectivity index (χ4v) is 3.57. The average Bonchev–Trinajstić information content (AvgIpc) is 3.07. The zero-order valence-electron chi connectivity index (χ0n) is 14.2. The quantitative estimate of drug-likeness (QED) is 0.842. The Morgan fingerprint density at radius 3 is 2.41 bits per heavy atom. The van der Waals surface area contributed by atoms with Crippen LogP contribution in [0.2, 0.25) is 0 Å². The Bertz CT molecular complexity index is 903. The molecule has 3 rings (SSSR count). The molecule has 2 aromatic rings. The van der Waals surface area contributed by atoms with E-state index in [0.717, 1.165) is 6.07 Å². The van der Waals surface area contributed by atoms with Gasteiger partial charge in [0.15, 0.2) is 0 Å². The van der Waals surface area contributed by atoms with Gasteiger partial charge in [0, 0.05) is 31.1 Å². The maximum absolute atomic E-state index is 12.7. The summed E-state index contributed by atoms with van der Waals surface area (Å²) in [5.41, 5.74) is -0.611. The number of anilines is 1. The molecule has 0 unspecified atom stereocenters. The number of hydrogen-bond donors (Lipinski definition) is 1. The standard InChI is InChI=1S/C15H16F3N5O3S/c1-9-19-12(21-4-6-22(7-5-21)14(25)26)20-13(24)23(9)8-10-2-3-11(27-10)15(16,17)18/h2-3H,4-8H2,1H3,(H,25,26). The third-order valence-electron chi connectivity index (χ3n) is 4.17. The van der Waals surface area contributed by atoms with Crippen molar-refractivity contribution in [1.29, 1.82) is 0 Å². The van der Waals surface area contributed by atoms with Gasteiger partial charge in [-0.15, -0.1) is 11.3 Å². The highest BCUT2D eigenvalue weighted by atomic mass is 32.1. The summed E-state index contributed by atoms with van der Waals surface area (Å²) in [6, 6.07) is 2.32. The Hall–Kier alpha value is -2.63. The molecule has 0 aliphatic carbocycles. The van der Waals surface area contributed by atoms with E-state index >= 15 is 0 Å². The van der Waals surface area contributed by atoms with Gasteiger partial charge in [-0.3, -0.25) is 4.57 Å². The van der Waals surface area contributed by atoms with Crippen LogP contribution in [0.3, 0.4) is 0 Å². The molecule has 0 aromatic carbocycles. The van der Waals surface area contributed by atoms with Crippen LogP contribution in [0, 0.1) is 6.92 Å². The van der Waals surface area contributed by atoms with E-state index in [4.69, 9.17) is 5.11 Å². The van der Waals surface area contributed by atoms with Crippen molar-refractivity contribution in [1.82, 2.24) is 19.4 Å². The van der Waals surface area contributed by atoms with Crippen LogP contribution in [0.5, 0.6) is 0 Å². The molecule has 1 N–H and O–H groups in total. The van der Waals surface area contributed by atoms with E-state index in [1.165, 1.54) is 15.5 Å². The first-order valence-corrected chi connectivity index (χ1v) is 8.81. The number of piperazine rings is 1. The van der Waals surface area contributed by atoms with Crippen LogP contribution < -0.4 is 10.6 Å². The topological polar surface area (TPSA) is 91.6 Å². The molecule has 3 heterocycles. The van der Waals surface area contributed by atoms with Crippen molar-refractivity contribution in [3.05, 3.63) is 38.2 Å². The second-order valence-corrected chi connectivity index (χ2v) is 7.13. The lowest BCUT2D eigenvalue weighted by molar-refractivity contribution is -0.134. The van der Waals surface area contributed by atoms with Crippen LogP contribution in [0.15, 0.2) is 16.9 Å². The molecular weight excluding hydrogens is 387 g/mol. The molecule has 0 atom stereocenters. The minimum atomic E-state index is -4.42. The Balaban J connectivity index is 1.77.